The topological polar surface area (TPSA) is 46.9 Å². The standard InChI is InChI=1S/C5H4ClF2N3O/c6-3-1-11(5(7)8)10-4(3)9-2-12/h1-2,5H,(H,9,10,12). The SMILES string of the molecule is O=CNc1nn(C(F)F)cc1Cl. The summed E-state index contributed by atoms with van der Waals surface area (Å²) in [5.74, 6) is -0.0769. The molecule has 1 heterocycles. The molecule has 0 radical (unpaired) electrons. The van der Waals surface area contributed by atoms with Gasteiger partial charge in [-0.05, 0) is 0 Å². The molecule has 0 spiro atoms. The third kappa shape index (κ3) is 1.70. The van der Waals surface area contributed by atoms with E-state index in [0.29, 0.717) is 11.1 Å². The number of anilines is 1. The van der Waals surface area contributed by atoms with Crippen LogP contribution in [0, 0.1) is 0 Å². The second-order valence-electron chi connectivity index (χ2n) is 1.85. The fourth-order valence-electron chi connectivity index (χ4n) is 0.623. The molecule has 0 aliphatic rings. The predicted molar refractivity (Wildman–Crippen MR) is 38.2 cm³/mol. The highest BCUT2D eigenvalue weighted by atomic mass is 35.5. The molecule has 66 valence electrons. The van der Waals surface area contributed by atoms with Crippen molar-refractivity contribution < 1.29 is 13.6 Å². The molecule has 4 nitrogen and oxygen atoms in total. The molecule has 0 unspecified atom stereocenters. The van der Waals surface area contributed by atoms with Crippen molar-refractivity contribution in [2.24, 2.45) is 0 Å². The Balaban J connectivity index is 2.91. The van der Waals surface area contributed by atoms with Crippen LogP contribution >= 0.6 is 11.6 Å². The van der Waals surface area contributed by atoms with Crippen molar-refractivity contribution in [1.82, 2.24) is 9.78 Å². The van der Waals surface area contributed by atoms with Crippen molar-refractivity contribution >= 4 is 23.8 Å². The van der Waals surface area contributed by atoms with Crippen LogP contribution in [0.4, 0.5) is 14.6 Å². The molecule has 1 N–H and O–H groups in total. The normalized spacial score (nSPS) is 10.3. The summed E-state index contributed by atoms with van der Waals surface area (Å²) in [6, 6.07) is 0. The van der Waals surface area contributed by atoms with Gasteiger partial charge in [0.05, 0.1) is 6.20 Å². The Morgan fingerprint density at radius 2 is 2.42 bits per heavy atom. The summed E-state index contributed by atoms with van der Waals surface area (Å²) in [6.07, 6.45) is 1.24. The second-order valence-corrected chi connectivity index (χ2v) is 2.25. The molecule has 0 saturated heterocycles. The van der Waals surface area contributed by atoms with Crippen LogP contribution < -0.4 is 5.32 Å². The summed E-state index contributed by atoms with van der Waals surface area (Å²) in [5, 5.41) is 5.34. The Labute approximate surface area is 71.1 Å². The summed E-state index contributed by atoms with van der Waals surface area (Å²) in [4.78, 5) is 9.90. The van der Waals surface area contributed by atoms with E-state index in [0.717, 1.165) is 6.20 Å². The first-order chi connectivity index (χ1) is 5.65. The lowest BCUT2D eigenvalue weighted by atomic mass is 10.6. The van der Waals surface area contributed by atoms with Crippen LogP contribution in [0.25, 0.3) is 0 Å². The largest absolute Gasteiger partial charge is 0.333 e. The zero-order chi connectivity index (χ0) is 9.14. The van der Waals surface area contributed by atoms with Gasteiger partial charge in [0, 0.05) is 0 Å². The molecule has 1 aromatic heterocycles. The lowest BCUT2D eigenvalue weighted by molar-refractivity contribution is -0.105. The molecule has 1 rings (SSSR count). The fourth-order valence-corrected chi connectivity index (χ4v) is 0.815. The average Bonchev–Trinajstić information content (AvgIpc) is 2.34. The molecule has 0 fully saturated rings. The van der Waals surface area contributed by atoms with Gasteiger partial charge in [0.2, 0.25) is 6.41 Å². The molecular formula is C5H4ClF2N3O. The van der Waals surface area contributed by atoms with E-state index in [1.165, 1.54) is 0 Å². The number of rotatable bonds is 3. The van der Waals surface area contributed by atoms with Crippen LogP contribution in [-0.4, -0.2) is 16.2 Å². The van der Waals surface area contributed by atoms with Gasteiger partial charge in [0.1, 0.15) is 5.02 Å². The Hall–Kier alpha value is -1.17. The van der Waals surface area contributed by atoms with Gasteiger partial charge in [-0.2, -0.15) is 8.78 Å². The third-order valence-electron chi connectivity index (χ3n) is 1.08. The minimum atomic E-state index is -2.76. The number of nitrogens with one attached hydrogen (secondary N) is 1. The van der Waals surface area contributed by atoms with Crippen molar-refractivity contribution in [1.29, 1.82) is 0 Å². The van der Waals surface area contributed by atoms with E-state index in [4.69, 9.17) is 11.6 Å². The van der Waals surface area contributed by atoms with Crippen LogP contribution in [0.5, 0.6) is 0 Å². The molecule has 0 atom stereocenters. The first kappa shape index (κ1) is 8.92. The Morgan fingerprint density at radius 1 is 1.75 bits per heavy atom. The average molecular weight is 196 g/mol. The van der Waals surface area contributed by atoms with Crippen LogP contribution in [0.3, 0.4) is 0 Å². The molecule has 0 saturated carbocycles. The number of hydrogen-bond acceptors (Lipinski definition) is 2. The van der Waals surface area contributed by atoms with Gasteiger partial charge in [0.15, 0.2) is 5.82 Å². The van der Waals surface area contributed by atoms with Crippen molar-refractivity contribution in [2.45, 2.75) is 6.55 Å². The number of amides is 1. The van der Waals surface area contributed by atoms with Crippen molar-refractivity contribution in [3.05, 3.63) is 11.2 Å². The number of hydrogen-bond donors (Lipinski definition) is 1. The van der Waals surface area contributed by atoms with Gasteiger partial charge in [-0.15, -0.1) is 5.10 Å². The minimum absolute atomic E-state index is 0.0256. The van der Waals surface area contributed by atoms with E-state index in [2.05, 4.69) is 10.4 Å². The van der Waals surface area contributed by atoms with E-state index in [-0.39, 0.29) is 10.8 Å². The molecule has 0 aromatic carbocycles. The fraction of sp³-hybridized carbons (Fsp3) is 0.200. The lowest BCUT2D eigenvalue weighted by Crippen LogP contribution is -2.00. The molecule has 1 aromatic rings. The van der Waals surface area contributed by atoms with E-state index in [1.54, 1.807) is 0 Å². The summed E-state index contributed by atoms with van der Waals surface area (Å²) >= 11 is 5.43. The Bertz CT molecular complexity index is 288. The summed E-state index contributed by atoms with van der Waals surface area (Å²) in [7, 11) is 0. The molecule has 0 aliphatic carbocycles. The van der Waals surface area contributed by atoms with E-state index < -0.39 is 6.55 Å². The van der Waals surface area contributed by atoms with Gasteiger partial charge in [-0.25, -0.2) is 4.68 Å². The molecule has 12 heavy (non-hydrogen) atoms. The highest BCUT2D eigenvalue weighted by Crippen LogP contribution is 2.21. The molecule has 7 heteroatoms. The monoisotopic (exact) mass is 195 g/mol. The van der Waals surface area contributed by atoms with Crippen LogP contribution in [0.1, 0.15) is 6.55 Å². The van der Waals surface area contributed by atoms with E-state index >= 15 is 0 Å². The summed E-state index contributed by atoms with van der Waals surface area (Å²) in [6.45, 7) is -2.76. The second kappa shape index (κ2) is 3.48. The summed E-state index contributed by atoms with van der Waals surface area (Å²) in [5.41, 5.74) is 0. The van der Waals surface area contributed by atoms with E-state index in [1.807, 2.05) is 0 Å². The zero-order valence-corrected chi connectivity index (χ0v) is 6.42. The van der Waals surface area contributed by atoms with Crippen molar-refractivity contribution in [3.63, 3.8) is 0 Å². The van der Waals surface area contributed by atoms with E-state index in [9.17, 15) is 13.6 Å². The molecular weight excluding hydrogens is 192 g/mol. The molecule has 0 bridgehead atoms. The smallest absolute Gasteiger partial charge is 0.311 e. The minimum Gasteiger partial charge on any atom is -0.311 e. The van der Waals surface area contributed by atoms with Crippen molar-refractivity contribution in [2.75, 3.05) is 5.32 Å². The molecule has 0 aliphatic heterocycles. The summed E-state index contributed by atoms with van der Waals surface area (Å²) < 4.78 is 24.2. The number of alkyl halides is 2. The quantitative estimate of drug-likeness (QED) is 0.743. The van der Waals surface area contributed by atoms with Gasteiger partial charge >= 0.3 is 6.55 Å². The predicted octanol–water partition coefficient (Wildman–Crippen LogP) is 1.50. The number of nitrogens with zero attached hydrogens (tertiary/aromatic N) is 2. The van der Waals surface area contributed by atoms with Gasteiger partial charge in [-0.1, -0.05) is 11.6 Å². The van der Waals surface area contributed by atoms with Crippen LogP contribution in [0.15, 0.2) is 6.20 Å². The maximum Gasteiger partial charge on any atom is 0.333 e. The number of aromatic nitrogens is 2. The maximum absolute atomic E-state index is 11.9. The van der Waals surface area contributed by atoms with Gasteiger partial charge in [-0.3, -0.25) is 4.79 Å². The van der Waals surface area contributed by atoms with Gasteiger partial charge in [0.25, 0.3) is 0 Å². The maximum atomic E-state index is 11.9. The van der Waals surface area contributed by atoms with Crippen LogP contribution in [0.2, 0.25) is 5.02 Å². The first-order valence-electron chi connectivity index (χ1n) is 2.88. The third-order valence-corrected chi connectivity index (χ3v) is 1.36. The van der Waals surface area contributed by atoms with Crippen LogP contribution in [-0.2, 0) is 4.79 Å². The highest BCUT2D eigenvalue weighted by Gasteiger charge is 2.11. The number of carbonyl (C=O) groups is 1. The van der Waals surface area contributed by atoms with Gasteiger partial charge < -0.3 is 5.32 Å². The number of carbonyl (C=O) groups excluding carboxylic acids is 1. The molecule has 1 amide bonds. The Morgan fingerprint density at radius 3 is 2.83 bits per heavy atom. The Kier molecular flexibility index (Phi) is 2.59. The zero-order valence-electron chi connectivity index (χ0n) is 5.67. The number of halogens is 3. The first-order valence-corrected chi connectivity index (χ1v) is 3.26. The lowest BCUT2D eigenvalue weighted by Gasteiger charge is -1.95. The van der Waals surface area contributed by atoms with Crippen molar-refractivity contribution in [3.8, 4) is 0 Å². The highest BCUT2D eigenvalue weighted by molar-refractivity contribution is 6.33.